The van der Waals surface area contributed by atoms with Crippen LogP contribution in [0.5, 0.6) is 5.75 Å². The maximum absolute atomic E-state index is 14.7. The molecule has 3 aromatic rings. The SMILES string of the molecule is CS(=N)(=O)Cc1cc2nc(c1)Nc1cc(c(F)cn1)-c1ccc(F)cc1OCCCCN2. The molecule has 1 aliphatic rings. The monoisotopic (exact) mass is 459 g/mol. The summed E-state index contributed by atoms with van der Waals surface area (Å²) in [5.41, 5.74) is 1.32. The minimum Gasteiger partial charge on any atom is -0.493 e. The minimum atomic E-state index is -2.75. The van der Waals surface area contributed by atoms with E-state index in [1.165, 1.54) is 30.5 Å². The van der Waals surface area contributed by atoms with Crippen LogP contribution in [0.25, 0.3) is 11.1 Å². The molecule has 0 aliphatic carbocycles. The Balaban J connectivity index is 1.78. The third-order valence-electron chi connectivity index (χ3n) is 4.81. The van der Waals surface area contributed by atoms with Crippen molar-refractivity contribution in [3.63, 3.8) is 0 Å². The van der Waals surface area contributed by atoms with E-state index < -0.39 is 21.4 Å². The first-order chi connectivity index (χ1) is 15.3. The molecule has 10 heteroatoms. The molecule has 7 nitrogen and oxygen atoms in total. The maximum Gasteiger partial charge on any atom is 0.149 e. The van der Waals surface area contributed by atoms with Crippen molar-refractivity contribution in [2.75, 3.05) is 30.0 Å². The van der Waals surface area contributed by atoms with Gasteiger partial charge in [0.15, 0.2) is 0 Å². The molecule has 0 spiro atoms. The third kappa shape index (κ3) is 5.50. The standard InChI is InChI=1S/C22H23F2N5O2S/c1-32(25,30)13-14-8-20-26-6-2-3-7-31-19-10-15(23)4-5-16(19)17-11-21(27-12-18(17)24)29-22(9-14)28-20/h4-5,8-12,25H,2-3,6-7,13H2,1H3,(H2,26,27,28,29). The van der Waals surface area contributed by atoms with E-state index >= 15 is 0 Å². The van der Waals surface area contributed by atoms with Crippen LogP contribution in [0.15, 0.2) is 42.6 Å². The lowest BCUT2D eigenvalue weighted by atomic mass is 10.0. The number of aromatic nitrogens is 2. The average Bonchev–Trinajstić information content (AvgIpc) is 2.71. The van der Waals surface area contributed by atoms with Crippen LogP contribution >= 0.6 is 0 Å². The Labute approximate surface area is 185 Å². The van der Waals surface area contributed by atoms with E-state index in [9.17, 15) is 13.0 Å². The Morgan fingerprint density at radius 3 is 2.72 bits per heavy atom. The van der Waals surface area contributed by atoms with Crippen molar-refractivity contribution in [3.8, 4) is 16.9 Å². The molecule has 0 saturated heterocycles. The first-order valence-corrected chi connectivity index (χ1v) is 12.2. The van der Waals surface area contributed by atoms with Gasteiger partial charge in [-0.2, -0.15) is 0 Å². The highest BCUT2D eigenvalue weighted by Gasteiger charge is 2.15. The van der Waals surface area contributed by atoms with Gasteiger partial charge in [-0.25, -0.2) is 23.0 Å². The summed E-state index contributed by atoms with van der Waals surface area (Å²) >= 11 is 0. The van der Waals surface area contributed by atoms with Gasteiger partial charge in [-0.05, 0) is 48.7 Å². The molecule has 1 atom stereocenters. The molecule has 168 valence electrons. The smallest absolute Gasteiger partial charge is 0.149 e. The van der Waals surface area contributed by atoms with Crippen molar-refractivity contribution in [1.29, 1.82) is 4.78 Å². The Morgan fingerprint density at radius 2 is 1.91 bits per heavy atom. The minimum absolute atomic E-state index is 0.0771. The van der Waals surface area contributed by atoms with Gasteiger partial charge in [0.25, 0.3) is 0 Å². The Bertz CT molecular complexity index is 1250. The second-order valence-electron chi connectivity index (χ2n) is 7.69. The highest BCUT2D eigenvalue weighted by molar-refractivity contribution is 7.90. The molecule has 3 N–H and O–H groups in total. The molecule has 2 aromatic heterocycles. The normalized spacial score (nSPS) is 15.6. The molecule has 0 fully saturated rings. The van der Waals surface area contributed by atoms with Gasteiger partial charge in [0.05, 0.1) is 18.6 Å². The largest absolute Gasteiger partial charge is 0.493 e. The molecule has 1 unspecified atom stereocenters. The number of anilines is 3. The Morgan fingerprint density at radius 1 is 1.09 bits per heavy atom. The van der Waals surface area contributed by atoms with Crippen LogP contribution in [0.4, 0.5) is 26.2 Å². The second kappa shape index (κ2) is 9.07. The van der Waals surface area contributed by atoms with E-state index in [4.69, 9.17) is 9.52 Å². The van der Waals surface area contributed by atoms with Crippen LogP contribution in [-0.2, 0) is 15.5 Å². The molecule has 1 aliphatic heterocycles. The number of pyridine rings is 2. The zero-order valence-corrected chi connectivity index (χ0v) is 18.3. The van der Waals surface area contributed by atoms with E-state index in [1.54, 1.807) is 12.1 Å². The Hall–Kier alpha value is -3.27. The van der Waals surface area contributed by atoms with Gasteiger partial charge in [-0.3, -0.25) is 4.78 Å². The topological polar surface area (TPSA) is 100.0 Å². The number of rotatable bonds is 2. The number of nitrogens with one attached hydrogen (secondary N) is 3. The van der Waals surface area contributed by atoms with Crippen molar-refractivity contribution < 1.29 is 17.7 Å². The third-order valence-corrected chi connectivity index (χ3v) is 5.69. The number of fused-ring (bicyclic) bond motifs is 6. The summed E-state index contributed by atoms with van der Waals surface area (Å²) in [6.07, 6.45) is 3.91. The highest BCUT2D eigenvalue weighted by Crippen LogP contribution is 2.34. The fourth-order valence-electron chi connectivity index (χ4n) is 3.45. The first kappa shape index (κ1) is 21.9. The molecule has 32 heavy (non-hydrogen) atoms. The van der Waals surface area contributed by atoms with Gasteiger partial charge in [-0.1, -0.05) is 0 Å². The van der Waals surface area contributed by atoms with Crippen molar-refractivity contribution in [1.82, 2.24) is 9.97 Å². The van der Waals surface area contributed by atoms with Gasteiger partial charge in [0.1, 0.15) is 34.8 Å². The van der Waals surface area contributed by atoms with Crippen molar-refractivity contribution in [2.45, 2.75) is 18.6 Å². The van der Waals surface area contributed by atoms with Crippen LogP contribution in [0.1, 0.15) is 18.4 Å². The number of benzene rings is 1. The maximum atomic E-state index is 14.7. The molecular formula is C22H23F2N5O2S. The molecule has 0 saturated carbocycles. The zero-order chi connectivity index (χ0) is 22.7. The van der Waals surface area contributed by atoms with Crippen molar-refractivity contribution in [2.24, 2.45) is 0 Å². The number of ether oxygens (including phenoxy) is 1. The number of nitrogens with zero attached hydrogens (tertiary/aromatic N) is 2. The summed E-state index contributed by atoms with van der Waals surface area (Å²) in [4.78, 5) is 8.61. The van der Waals surface area contributed by atoms with Gasteiger partial charge < -0.3 is 15.4 Å². The van der Waals surface area contributed by atoms with Gasteiger partial charge in [0, 0.05) is 39.7 Å². The summed E-state index contributed by atoms with van der Waals surface area (Å²) < 4.78 is 54.1. The average molecular weight is 460 g/mol. The molecule has 4 rings (SSSR count). The molecule has 3 heterocycles. The molecule has 0 amide bonds. The van der Waals surface area contributed by atoms with E-state index in [0.717, 1.165) is 12.6 Å². The van der Waals surface area contributed by atoms with Gasteiger partial charge in [0.2, 0.25) is 0 Å². The van der Waals surface area contributed by atoms with Gasteiger partial charge in [-0.15, -0.1) is 0 Å². The molecular weight excluding hydrogens is 436 g/mol. The lowest BCUT2D eigenvalue weighted by Gasteiger charge is -2.14. The van der Waals surface area contributed by atoms with Crippen molar-refractivity contribution in [3.05, 3.63) is 59.8 Å². The Kier molecular flexibility index (Phi) is 6.22. The predicted octanol–water partition coefficient (Wildman–Crippen LogP) is 4.93. The van der Waals surface area contributed by atoms with E-state index in [0.29, 0.717) is 48.2 Å². The number of hydrogen-bond donors (Lipinski definition) is 3. The summed E-state index contributed by atoms with van der Waals surface area (Å²) in [5, 5.41) is 6.27. The second-order valence-corrected chi connectivity index (χ2v) is 9.99. The zero-order valence-electron chi connectivity index (χ0n) is 17.5. The van der Waals surface area contributed by atoms with Crippen LogP contribution < -0.4 is 15.4 Å². The highest BCUT2D eigenvalue weighted by atomic mass is 32.2. The lowest BCUT2D eigenvalue weighted by Crippen LogP contribution is -2.08. The quantitative estimate of drug-likeness (QED) is 0.503. The molecule has 0 radical (unpaired) electrons. The van der Waals surface area contributed by atoms with E-state index in [2.05, 4.69) is 20.6 Å². The summed E-state index contributed by atoms with van der Waals surface area (Å²) in [6.45, 7) is 0.948. The summed E-state index contributed by atoms with van der Waals surface area (Å²) in [6, 6.07) is 8.95. The molecule has 1 aromatic carbocycles. The molecule has 4 bridgehead atoms. The summed E-state index contributed by atoms with van der Waals surface area (Å²) in [5.74, 6) is 0.615. The number of hydrogen-bond acceptors (Lipinski definition) is 7. The van der Waals surface area contributed by atoms with Crippen molar-refractivity contribution >= 4 is 27.2 Å². The lowest BCUT2D eigenvalue weighted by molar-refractivity contribution is 0.308. The first-order valence-electron chi connectivity index (χ1n) is 10.1. The van der Waals surface area contributed by atoms with Gasteiger partial charge >= 0.3 is 0 Å². The predicted molar refractivity (Wildman–Crippen MR) is 121 cm³/mol. The van der Waals surface area contributed by atoms with E-state index in [1.807, 2.05) is 0 Å². The van der Waals surface area contributed by atoms with Crippen LogP contribution in [0, 0.1) is 16.4 Å². The fraction of sp³-hybridized carbons (Fsp3) is 0.273. The fourth-order valence-corrected chi connectivity index (χ4v) is 4.25. The van der Waals surface area contributed by atoms with Crippen LogP contribution in [0.3, 0.4) is 0 Å². The van der Waals surface area contributed by atoms with E-state index in [-0.39, 0.29) is 17.1 Å². The number of halogens is 2. The summed E-state index contributed by atoms with van der Waals surface area (Å²) in [7, 11) is -2.75. The van der Waals surface area contributed by atoms with Crippen LogP contribution in [0.2, 0.25) is 0 Å². The van der Waals surface area contributed by atoms with Crippen LogP contribution in [-0.4, -0.2) is 33.6 Å².